The highest BCUT2D eigenvalue weighted by Crippen LogP contribution is 2.05. The van der Waals surface area contributed by atoms with Crippen LogP contribution in [-0.2, 0) is 4.79 Å². The zero-order valence-electron chi connectivity index (χ0n) is 5.40. The Morgan fingerprint density at radius 3 is 2.80 bits per heavy atom. The van der Waals surface area contributed by atoms with E-state index in [2.05, 4.69) is 4.99 Å². The SMILES string of the molecule is CC1=NC=C(O)C(=O)C1O. The highest BCUT2D eigenvalue weighted by atomic mass is 16.3. The fourth-order valence-corrected chi connectivity index (χ4v) is 0.627. The molecule has 10 heavy (non-hydrogen) atoms. The van der Waals surface area contributed by atoms with Crippen LogP contribution in [0.2, 0.25) is 0 Å². The fraction of sp³-hybridized carbons (Fsp3) is 0.333. The van der Waals surface area contributed by atoms with Gasteiger partial charge in [0.1, 0.15) is 0 Å². The maximum absolute atomic E-state index is 10.7. The zero-order valence-corrected chi connectivity index (χ0v) is 5.40. The molecule has 0 fully saturated rings. The fourth-order valence-electron chi connectivity index (χ4n) is 0.627. The van der Waals surface area contributed by atoms with Crippen molar-refractivity contribution in [2.45, 2.75) is 13.0 Å². The Morgan fingerprint density at radius 2 is 2.30 bits per heavy atom. The summed E-state index contributed by atoms with van der Waals surface area (Å²) in [5.74, 6) is -1.18. The average Bonchev–Trinajstić information content (AvgIpc) is 1.93. The summed E-state index contributed by atoms with van der Waals surface area (Å²) in [6.07, 6.45) is -0.227. The third-order valence-electron chi connectivity index (χ3n) is 1.29. The summed E-state index contributed by atoms with van der Waals surface area (Å²) in [5, 5.41) is 17.6. The molecule has 0 bridgehead atoms. The second-order valence-corrected chi connectivity index (χ2v) is 2.05. The Balaban J connectivity index is 2.97. The molecule has 1 rings (SSSR count). The highest BCUT2D eigenvalue weighted by Gasteiger charge is 2.24. The smallest absolute Gasteiger partial charge is 0.232 e. The van der Waals surface area contributed by atoms with Crippen LogP contribution < -0.4 is 0 Å². The van der Waals surface area contributed by atoms with E-state index in [1.807, 2.05) is 0 Å². The lowest BCUT2D eigenvalue weighted by Gasteiger charge is -2.10. The van der Waals surface area contributed by atoms with Gasteiger partial charge in [0.25, 0.3) is 0 Å². The molecule has 54 valence electrons. The standard InChI is InChI=1S/C6H7NO3/c1-3-5(9)6(10)4(8)2-7-3/h2,5,8-9H,1H3. The zero-order chi connectivity index (χ0) is 7.72. The molecule has 1 heterocycles. The number of hydrogen-bond donors (Lipinski definition) is 2. The van der Waals surface area contributed by atoms with E-state index in [1.54, 1.807) is 0 Å². The second kappa shape index (κ2) is 2.22. The summed E-state index contributed by atoms with van der Waals surface area (Å²) in [6, 6.07) is 0. The first-order valence-electron chi connectivity index (χ1n) is 2.78. The Labute approximate surface area is 57.5 Å². The molecule has 0 amide bonds. The Hall–Kier alpha value is -1.16. The van der Waals surface area contributed by atoms with Gasteiger partial charge in [0.05, 0.1) is 11.9 Å². The summed E-state index contributed by atoms with van der Waals surface area (Å²) in [7, 11) is 0. The van der Waals surface area contributed by atoms with Crippen LogP contribution >= 0.6 is 0 Å². The Morgan fingerprint density at radius 1 is 1.70 bits per heavy atom. The van der Waals surface area contributed by atoms with Crippen molar-refractivity contribution in [3.05, 3.63) is 12.0 Å². The van der Waals surface area contributed by atoms with Gasteiger partial charge in [-0.3, -0.25) is 9.79 Å². The van der Waals surface area contributed by atoms with Crippen LogP contribution in [0, 0.1) is 0 Å². The number of aliphatic hydroxyl groups is 2. The van der Waals surface area contributed by atoms with Gasteiger partial charge in [-0.25, -0.2) is 0 Å². The molecule has 1 unspecified atom stereocenters. The van der Waals surface area contributed by atoms with Crippen molar-refractivity contribution in [2.24, 2.45) is 4.99 Å². The molecule has 1 aliphatic rings. The number of carbonyl (C=O) groups excluding carboxylic acids is 1. The minimum absolute atomic E-state index is 0.308. The predicted molar refractivity (Wildman–Crippen MR) is 34.8 cm³/mol. The molecule has 0 aromatic heterocycles. The number of carbonyl (C=O) groups is 1. The minimum Gasteiger partial charge on any atom is -0.503 e. The predicted octanol–water partition coefficient (Wildman–Crippen LogP) is -0.210. The first-order valence-corrected chi connectivity index (χ1v) is 2.78. The first-order chi connectivity index (χ1) is 4.63. The van der Waals surface area contributed by atoms with E-state index in [9.17, 15) is 4.79 Å². The quantitative estimate of drug-likeness (QED) is 0.490. The van der Waals surface area contributed by atoms with Crippen LogP contribution in [-0.4, -0.2) is 27.8 Å². The average molecular weight is 141 g/mol. The van der Waals surface area contributed by atoms with Crippen molar-refractivity contribution in [3.63, 3.8) is 0 Å². The van der Waals surface area contributed by atoms with E-state index < -0.39 is 17.6 Å². The number of nitrogens with zero attached hydrogens (tertiary/aromatic N) is 1. The third-order valence-corrected chi connectivity index (χ3v) is 1.29. The molecular weight excluding hydrogens is 134 g/mol. The summed E-state index contributed by atoms with van der Waals surface area (Å²) in [4.78, 5) is 14.3. The van der Waals surface area contributed by atoms with Crippen LogP contribution in [0.15, 0.2) is 17.0 Å². The largest absolute Gasteiger partial charge is 0.503 e. The van der Waals surface area contributed by atoms with E-state index >= 15 is 0 Å². The number of aliphatic imine (C=N–C) groups is 1. The molecule has 4 nitrogen and oxygen atoms in total. The van der Waals surface area contributed by atoms with E-state index in [-0.39, 0.29) is 0 Å². The number of rotatable bonds is 0. The van der Waals surface area contributed by atoms with E-state index in [1.165, 1.54) is 6.92 Å². The molecule has 0 radical (unpaired) electrons. The lowest BCUT2D eigenvalue weighted by Crippen LogP contribution is -2.31. The second-order valence-electron chi connectivity index (χ2n) is 2.05. The van der Waals surface area contributed by atoms with Crippen LogP contribution in [0.3, 0.4) is 0 Å². The van der Waals surface area contributed by atoms with Crippen LogP contribution in [0.5, 0.6) is 0 Å². The molecule has 0 saturated heterocycles. The van der Waals surface area contributed by atoms with Crippen molar-refractivity contribution in [1.82, 2.24) is 0 Å². The van der Waals surface area contributed by atoms with Crippen molar-refractivity contribution in [3.8, 4) is 0 Å². The highest BCUT2D eigenvalue weighted by molar-refractivity contribution is 6.14. The Bertz CT molecular complexity index is 227. The third kappa shape index (κ3) is 0.930. The summed E-state index contributed by atoms with van der Waals surface area (Å²) in [6.45, 7) is 1.52. The maximum Gasteiger partial charge on any atom is 0.232 e. The van der Waals surface area contributed by atoms with Gasteiger partial charge in [-0.05, 0) is 6.92 Å². The number of ketones is 1. The van der Waals surface area contributed by atoms with E-state index in [0.29, 0.717) is 5.71 Å². The summed E-state index contributed by atoms with van der Waals surface area (Å²) >= 11 is 0. The molecule has 1 atom stereocenters. The van der Waals surface area contributed by atoms with Gasteiger partial charge >= 0.3 is 0 Å². The van der Waals surface area contributed by atoms with Crippen molar-refractivity contribution >= 4 is 11.5 Å². The van der Waals surface area contributed by atoms with Crippen molar-refractivity contribution in [2.75, 3.05) is 0 Å². The summed E-state index contributed by atoms with van der Waals surface area (Å²) < 4.78 is 0. The maximum atomic E-state index is 10.7. The van der Waals surface area contributed by atoms with Gasteiger partial charge in [-0.2, -0.15) is 0 Å². The molecule has 0 saturated carbocycles. The molecular formula is C6H7NO3. The molecule has 0 aromatic carbocycles. The van der Waals surface area contributed by atoms with Crippen LogP contribution in [0.4, 0.5) is 0 Å². The molecule has 0 aliphatic carbocycles. The minimum atomic E-state index is -1.26. The molecule has 1 aliphatic heterocycles. The van der Waals surface area contributed by atoms with Gasteiger partial charge in [-0.15, -0.1) is 0 Å². The first kappa shape index (κ1) is 6.95. The number of Topliss-reactive ketones (excluding diaryl/α,β-unsaturated/α-hetero) is 1. The molecule has 2 N–H and O–H groups in total. The van der Waals surface area contributed by atoms with Gasteiger partial charge < -0.3 is 10.2 Å². The van der Waals surface area contributed by atoms with Gasteiger partial charge in [-0.1, -0.05) is 0 Å². The summed E-state index contributed by atoms with van der Waals surface area (Å²) in [5.41, 5.74) is 0.308. The topological polar surface area (TPSA) is 69.9 Å². The normalized spacial score (nSPS) is 25.8. The van der Waals surface area contributed by atoms with Gasteiger partial charge in [0.15, 0.2) is 11.9 Å². The molecule has 4 heteroatoms. The van der Waals surface area contributed by atoms with Gasteiger partial charge in [0.2, 0.25) is 5.78 Å². The molecule has 0 aromatic rings. The van der Waals surface area contributed by atoms with Crippen molar-refractivity contribution < 1.29 is 15.0 Å². The van der Waals surface area contributed by atoms with E-state index in [0.717, 1.165) is 6.20 Å². The lowest BCUT2D eigenvalue weighted by atomic mass is 10.1. The van der Waals surface area contributed by atoms with Gasteiger partial charge in [0, 0.05) is 0 Å². The van der Waals surface area contributed by atoms with Crippen LogP contribution in [0.1, 0.15) is 6.92 Å². The molecule has 0 spiro atoms. The lowest BCUT2D eigenvalue weighted by molar-refractivity contribution is -0.123. The van der Waals surface area contributed by atoms with Crippen LogP contribution in [0.25, 0.3) is 0 Å². The number of hydrogen-bond acceptors (Lipinski definition) is 4. The van der Waals surface area contributed by atoms with Crippen molar-refractivity contribution in [1.29, 1.82) is 0 Å². The monoisotopic (exact) mass is 141 g/mol. The number of aliphatic hydroxyl groups excluding tert-OH is 2. The Kier molecular flexibility index (Phi) is 1.55. The van der Waals surface area contributed by atoms with E-state index in [4.69, 9.17) is 10.2 Å².